The highest BCUT2D eigenvalue weighted by molar-refractivity contribution is 5.64. The number of benzene rings is 1. The molecule has 0 unspecified atom stereocenters. The molecule has 0 saturated carbocycles. The minimum atomic E-state index is -0.299. The Labute approximate surface area is 98.8 Å². The van der Waals surface area contributed by atoms with Crippen molar-refractivity contribution in [1.29, 1.82) is 0 Å². The highest BCUT2D eigenvalue weighted by atomic mass is 16.2. The third kappa shape index (κ3) is 1.71. The van der Waals surface area contributed by atoms with Crippen molar-refractivity contribution in [2.45, 2.75) is 6.92 Å². The standard InChI is InChI=1S/C13H14N2O2/c1-9-11(10-7-5-4-6-8-10)12(16)15(3)13(17)14(9)2/h4-8H,1-3H3. The third-order valence-corrected chi connectivity index (χ3v) is 3.02. The van der Waals surface area contributed by atoms with Crippen LogP contribution in [-0.4, -0.2) is 9.13 Å². The minimum absolute atomic E-state index is 0.253. The van der Waals surface area contributed by atoms with Gasteiger partial charge in [-0.3, -0.25) is 9.36 Å². The molecule has 0 radical (unpaired) electrons. The van der Waals surface area contributed by atoms with E-state index in [1.165, 1.54) is 11.6 Å². The van der Waals surface area contributed by atoms with Crippen molar-refractivity contribution in [2.24, 2.45) is 14.1 Å². The second-order valence-corrected chi connectivity index (χ2v) is 4.03. The first kappa shape index (κ1) is 11.4. The van der Waals surface area contributed by atoms with Crippen LogP contribution in [0.4, 0.5) is 0 Å². The summed E-state index contributed by atoms with van der Waals surface area (Å²) in [5, 5.41) is 0. The van der Waals surface area contributed by atoms with Crippen LogP contribution in [0.25, 0.3) is 11.1 Å². The Hall–Kier alpha value is -2.10. The molecule has 2 aromatic rings. The maximum atomic E-state index is 12.1. The number of hydrogen-bond acceptors (Lipinski definition) is 2. The average Bonchev–Trinajstić information content (AvgIpc) is 2.36. The van der Waals surface area contributed by atoms with Crippen molar-refractivity contribution >= 4 is 0 Å². The van der Waals surface area contributed by atoms with Crippen molar-refractivity contribution < 1.29 is 0 Å². The molecule has 4 nitrogen and oxygen atoms in total. The molecular weight excluding hydrogens is 216 g/mol. The summed E-state index contributed by atoms with van der Waals surface area (Å²) in [5.74, 6) is 0. The summed E-state index contributed by atoms with van der Waals surface area (Å²) in [5.41, 5.74) is 1.55. The summed E-state index contributed by atoms with van der Waals surface area (Å²) in [6, 6.07) is 9.38. The van der Waals surface area contributed by atoms with Gasteiger partial charge < -0.3 is 4.57 Å². The van der Waals surface area contributed by atoms with Gasteiger partial charge in [-0.15, -0.1) is 0 Å². The topological polar surface area (TPSA) is 44.0 Å². The van der Waals surface area contributed by atoms with Gasteiger partial charge in [-0.2, -0.15) is 0 Å². The van der Waals surface area contributed by atoms with Crippen LogP contribution in [0.3, 0.4) is 0 Å². The van der Waals surface area contributed by atoms with E-state index in [4.69, 9.17) is 0 Å². The maximum absolute atomic E-state index is 12.1. The zero-order valence-electron chi connectivity index (χ0n) is 10.1. The van der Waals surface area contributed by atoms with Gasteiger partial charge in [0.1, 0.15) is 0 Å². The summed E-state index contributed by atoms with van der Waals surface area (Å²) in [7, 11) is 3.17. The van der Waals surface area contributed by atoms with E-state index in [1.807, 2.05) is 30.3 Å². The number of hydrogen-bond donors (Lipinski definition) is 0. The molecule has 4 heteroatoms. The van der Waals surface area contributed by atoms with Crippen molar-refractivity contribution in [3.63, 3.8) is 0 Å². The molecule has 1 heterocycles. The van der Waals surface area contributed by atoms with Gasteiger partial charge in [-0.25, -0.2) is 4.79 Å². The Kier molecular flexibility index (Phi) is 2.71. The monoisotopic (exact) mass is 230 g/mol. The molecule has 0 amide bonds. The molecule has 17 heavy (non-hydrogen) atoms. The van der Waals surface area contributed by atoms with E-state index in [2.05, 4.69) is 0 Å². The van der Waals surface area contributed by atoms with Gasteiger partial charge in [0.2, 0.25) is 0 Å². The van der Waals surface area contributed by atoms with Crippen LogP contribution >= 0.6 is 0 Å². The van der Waals surface area contributed by atoms with Crippen molar-refractivity contribution in [3.8, 4) is 11.1 Å². The van der Waals surface area contributed by atoms with Crippen LogP contribution in [0.5, 0.6) is 0 Å². The molecule has 0 aliphatic rings. The fraction of sp³-hybridized carbons (Fsp3) is 0.231. The number of aromatic nitrogens is 2. The highest BCUT2D eigenvalue weighted by Gasteiger charge is 2.13. The largest absolute Gasteiger partial charge is 0.330 e. The predicted octanol–water partition coefficient (Wildman–Crippen LogP) is 1.06. The Bertz CT molecular complexity index is 666. The molecule has 0 atom stereocenters. The average molecular weight is 230 g/mol. The summed E-state index contributed by atoms with van der Waals surface area (Å²) in [6.45, 7) is 1.78. The van der Waals surface area contributed by atoms with Gasteiger partial charge in [0.25, 0.3) is 5.56 Å². The lowest BCUT2D eigenvalue weighted by Crippen LogP contribution is -2.39. The van der Waals surface area contributed by atoms with E-state index in [1.54, 1.807) is 14.0 Å². The van der Waals surface area contributed by atoms with E-state index >= 15 is 0 Å². The molecule has 0 bridgehead atoms. The summed E-state index contributed by atoms with van der Waals surface area (Å²) in [6.07, 6.45) is 0. The molecular formula is C13H14N2O2. The molecule has 0 aliphatic heterocycles. The SMILES string of the molecule is Cc1c(-c2ccccc2)c(=O)n(C)c(=O)n1C. The minimum Gasteiger partial charge on any atom is -0.300 e. The first-order chi connectivity index (χ1) is 8.04. The summed E-state index contributed by atoms with van der Waals surface area (Å²) >= 11 is 0. The van der Waals surface area contributed by atoms with E-state index < -0.39 is 0 Å². The van der Waals surface area contributed by atoms with Crippen LogP contribution in [-0.2, 0) is 14.1 Å². The zero-order chi connectivity index (χ0) is 12.6. The van der Waals surface area contributed by atoms with E-state index in [-0.39, 0.29) is 11.2 Å². The van der Waals surface area contributed by atoms with Crippen LogP contribution in [0.2, 0.25) is 0 Å². The lowest BCUT2D eigenvalue weighted by Gasteiger charge is -2.11. The van der Waals surface area contributed by atoms with Gasteiger partial charge in [0.05, 0.1) is 5.56 Å². The predicted molar refractivity (Wildman–Crippen MR) is 67.1 cm³/mol. The highest BCUT2D eigenvalue weighted by Crippen LogP contribution is 2.17. The summed E-state index contributed by atoms with van der Waals surface area (Å²) in [4.78, 5) is 23.8. The van der Waals surface area contributed by atoms with E-state index in [0.29, 0.717) is 11.3 Å². The first-order valence-electron chi connectivity index (χ1n) is 5.36. The number of rotatable bonds is 1. The summed E-state index contributed by atoms with van der Waals surface area (Å²) < 4.78 is 2.62. The third-order valence-electron chi connectivity index (χ3n) is 3.02. The van der Waals surface area contributed by atoms with Crippen LogP contribution in [0.15, 0.2) is 39.9 Å². The van der Waals surface area contributed by atoms with Crippen LogP contribution in [0, 0.1) is 6.92 Å². The quantitative estimate of drug-likeness (QED) is 0.735. The second kappa shape index (κ2) is 4.05. The zero-order valence-corrected chi connectivity index (χ0v) is 10.1. The van der Waals surface area contributed by atoms with E-state index in [0.717, 1.165) is 10.1 Å². The second-order valence-electron chi connectivity index (χ2n) is 4.03. The Morgan fingerprint density at radius 2 is 1.53 bits per heavy atom. The van der Waals surface area contributed by atoms with Crippen molar-refractivity contribution in [2.75, 3.05) is 0 Å². The molecule has 0 aliphatic carbocycles. The molecule has 88 valence electrons. The van der Waals surface area contributed by atoms with Gasteiger partial charge in [-0.05, 0) is 12.5 Å². The van der Waals surface area contributed by atoms with E-state index in [9.17, 15) is 9.59 Å². The van der Waals surface area contributed by atoms with Crippen LogP contribution < -0.4 is 11.2 Å². The number of nitrogens with zero attached hydrogens (tertiary/aromatic N) is 2. The Morgan fingerprint density at radius 3 is 2.12 bits per heavy atom. The fourth-order valence-electron chi connectivity index (χ4n) is 1.88. The van der Waals surface area contributed by atoms with Crippen molar-refractivity contribution in [1.82, 2.24) is 9.13 Å². The lowest BCUT2D eigenvalue weighted by molar-refractivity contribution is 0.671. The Balaban J connectivity index is 2.90. The van der Waals surface area contributed by atoms with Gasteiger partial charge in [0.15, 0.2) is 0 Å². The molecule has 0 N–H and O–H groups in total. The maximum Gasteiger partial charge on any atom is 0.330 e. The molecule has 1 aromatic carbocycles. The lowest BCUT2D eigenvalue weighted by atomic mass is 10.1. The molecule has 0 saturated heterocycles. The fourth-order valence-corrected chi connectivity index (χ4v) is 1.88. The molecule has 0 spiro atoms. The van der Waals surface area contributed by atoms with Gasteiger partial charge in [-0.1, -0.05) is 30.3 Å². The Morgan fingerprint density at radius 1 is 0.941 bits per heavy atom. The molecule has 2 rings (SSSR count). The molecule has 1 aromatic heterocycles. The van der Waals surface area contributed by atoms with Gasteiger partial charge >= 0.3 is 5.69 Å². The van der Waals surface area contributed by atoms with Gasteiger partial charge in [0, 0.05) is 19.8 Å². The van der Waals surface area contributed by atoms with Crippen LogP contribution in [0.1, 0.15) is 5.69 Å². The smallest absolute Gasteiger partial charge is 0.300 e. The normalized spacial score (nSPS) is 10.5. The van der Waals surface area contributed by atoms with Crippen molar-refractivity contribution in [3.05, 3.63) is 56.9 Å². The first-order valence-corrected chi connectivity index (χ1v) is 5.36. The molecule has 0 fully saturated rings.